The lowest BCUT2D eigenvalue weighted by molar-refractivity contribution is -0.150. The fraction of sp³-hybridized carbons (Fsp3) is 0.588. The molecule has 2 N–H and O–H groups in total. The van der Waals surface area contributed by atoms with E-state index < -0.39 is 35.3 Å². The molecule has 10 heteroatoms. The van der Waals surface area contributed by atoms with E-state index in [4.69, 9.17) is 4.74 Å². The van der Waals surface area contributed by atoms with E-state index in [1.54, 1.807) is 13.8 Å². The Bertz CT molecular complexity index is 797. The first-order valence-corrected chi connectivity index (χ1v) is 8.74. The monoisotopic (exact) mass is 382 g/mol. The number of aryl methyl sites for hydroxylation is 1. The lowest BCUT2D eigenvalue weighted by Gasteiger charge is -2.27. The standard InChI is InChI=1S/C17H26N4O6/c1-5-7-14(23)27-13(9-20(6-2)16(25)18-12(4)22)10-21-8-11(3)15(24)19-17(21)26/h8,13H,5-7,9-10H2,1-4H3,(H,18,22,25)(H,19,24,26). The third-order valence-corrected chi connectivity index (χ3v) is 3.72. The number of nitrogens with zero attached hydrogens (tertiary/aromatic N) is 2. The molecule has 0 radical (unpaired) electrons. The first-order chi connectivity index (χ1) is 12.7. The number of aromatic amines is 1. The Labute approximate surface area is 156 Å². The molecule has 0 saturated carbocycles. The van der Waals surface area contributed by atoms with Gasteiger partial charge in [-0.15, -0.1) is 0 Å². The fourth-order valence-electron chi connectivity index (χ4n) is 2.39. The predicted molar refractivity (Wildman–Crippen MR) is 97.3 cm³/mol. The average molecular weight is 382 g/mol. The van der Waals surface area contributed by atoms with Crippen molar-refractivity contribution in [2.75, 3.05) is 13.1 Å². The normalized spacial score (nSPS) is 11.6. The molecule has 27 heavy (non-hydrogen) atoms. The quantitative estimate of drug-likeness (QED) is 0.615. The number of hydrogen-bond donors (Lipinski definition) is 2. The fourth-order valence-corrected chi connectivity index (χ4v) is 2.39. The summed E-state index contributed by atoms with van der Waals surface area (Å²) in [6.07, 6.45) is 1.32. The molecule has 1 aromatic rings. The largest absolute Gasteiger partial charge is 0.459 e. The molecule has 0 saturated heterocycles. The molecule has 0 aliphatic heterocycles. The molecule has 10 nitrogen and oxygen atoms in total. The van der Waals surface area contributed by atoms with E-state index >= 15 is 0 Å². The van der Waals surface area contributed by atoms with Crippen LogP contribution in [0.1, 0.15) is 39.2 Å². The molecular weight excluding hydrogens is 356 g/mol. The van der Waals surface area contributed by atoms with Gasteiger partial charge in [0.05, 0.1) is 13.1 Å². The smallest absolute Gasteiger partial charge is 0.328 e. The maximum Gasteiger partial charge on any atom is 0.328 e. The first-order valence-electron chi connectivity index (χ1n) is 8.74. The van der Waals surface area contributed by atoms with Gasteiger partial charge >= 0.3 is 17.7 Å². The van der Waals surface area contributed by atoms with Gasteiger partial charge in [0.2, 0.25) is 5.91 Å². The summed E-state index contributed by atoms with van der Waals surface area (Å²) in [5.74, 6) is -0.967. The number of ether oxygens (including phenoxy) is 1. The van der Waals surface area contributed by atoms with Crippen LogP contribution in [0, 0.1) is 6.92 Å². The lowest BCUT2D eigenvalue weighted by Crippen LogP contribution is -2.47. The molecule has 0 fully saturated rings. The third-order valence-electron chi connectivity index (χ3n) is 3.72. The van der Waals surface area contributed by atoms with Gasteiger partial charge < -0.3 is 9.64 Å². The van der Waals surface area contributed by atoms with Gasteiger partial charge in [-0.3, -0.25) is 29.3 Å². The van der Waals surface area contributed by atoms with Crippen molar-refractivity contribution in [3.63, 3.8) is 0 Å². The minimum atomic E-state index is -0.829. The Morgan fingerprint density at radius 1 is 1.30 bits per heavy atom. The highest BCUT2D eigenvalue weighted by Crippen LogP contribution is 2.05. The Balaban J connectivity index is 3.05. The molecule has 0 aliphatic rings. The summed E-state index contributed by atoms with van der Waals surface area (Å²) in [5, 5.41) is 2.16. The zero-order valence-electron chi connectivity index (χ0n) is 16.0. The van der Waals surface area contributed by atoms with Gasteiger partial charge in [-0.1, -0.05) is 6.92 Å². The van der Waals surface area contributed by atoms with E-state index in [9.17, 15) is 24.0 Å². The van der Waals surface area contributed by atoms with Crippen LogP contribution in [0.15, 0.2) is 15.8 Å². The molecule has 0 aliphatic carbocycles. The number of rotatable bonds is 8. The number of carbonyl (C=O) groups excluding carboxylic acids is 3. The van der Waals surface area contributed by atoms with Crippen molar-refractivity contribution >= 4 is 17.9 Å². The maximum atomic E-state index is 12.1. The SMILES string of the molecule is CCCC(=O)OC(CN(CC)C(=O)NC(C)=O)Cn1cc(C)c(=O)[nH]c1=O. The molecule has 1 aromatic heterocycles. The van der Waals surface area contributed by atoms with Gasteiger partial charge in [-0.05, 0) is 20.3 Å². The van der Waals surface area contributed by atoms with Crippen molar-refractivity contribution in [3.05, 3.63) is 32.6 Å². The van der Waals surface area contributed by atoms with Crippen LogP contribution < -0.4 is 16.6 Å². The van der Waals surface area contributed by atoms with Crippen LogP contribution in [0.2, 0.25) is 0 Å². The van der Waals surface area contributed by atoms with Crippen molar-refractivity contribution in [2.45, 2.75) is 53.2 Å². The number of urea groups is 1. The van der Waals surface area contributed by atoms with Crippen LogP contribution in [-0.2, 0) is 20.9 Å². The molecule has 1 atom stereocenters. The summed E-state index contributed by atoms with van der Waals surface area (Å²) in [5.41, 5.74) is -0.805. The minimum Gasteiger partial charge on any atom is -0.459 e. The van der Waals surface area contributed by atoms with E-state index in [1.807, 2.05) is 6.92 Å². The predicted octanol–water partition coefficient (Wildman–Crippen LogP) is 0.135. The third kappa shape index (κ3) is 7.08. The van der Waals surface area contributed by atoms with Crippen molar-refractivity contribution in [1.29, 1.82) is 0 Å². The molecule has 1 rings (SSSR count). The number of imide groups is 1. The van der Waals surface area contributed by atoms with Gasteiger partial charge in [0, 0.05) is 31.6 Å². The molecule has 0 aromatic carbocycles. The Morgan fingerprint density at radius 3 is 2.52 bits per heavy atom. The Morgan fingerprint density at radius 2 is 1.96 bits per heavy atom. The number of nitrogens with one attached hydrogen (secondary N) is 2. The van der Waals surface area contributed by atoms with Crippen molar-refractivity contribution in [3.8, 4) is 0 Å². The summed E-state index contributed by atoms with van der Waals surface area (Å²) in [6.45, 7) is 6.50. The van der Waals surface area contributed by atoms with Crippen molar-refractivity contribution in [2.24, 2.45) is 0 Å². The second-order valence-electron chi connectivity index (χ2n) is 6.11. The van der Waals surface area contributed by atoms with Crippen molar-refractivity contribution in [1.82, 2.24) is 19.8 Å². The van der Waals surface area contributed by atoms with Gasteiger partial charge in [-0.25, -0.2) is 9.59 Å². The highest BCUT2D eigenvalue weighted by molar-refractivity contribution is 5.93. The summed E-state index contributed by atoms with van der Waals surface area (Å²) < 4.78 is 6.63. The number of hydrogen-bond acceptors (Lipinski definition) is 6. The number of carbonyl (C=O) groups is 3. The first kappa shape index (κ1) is 22.1. The molecule has 0 bridgehead atoms. The summed E-state index contributed by atoms with van der Waals surface area (Å²) in [6, 6.07) is -0.619. The number of esters is 1. The van der Waals surface area contributed by atoms with Gasteiger partial charge in [-0.2, -0.15) is 0 Å². The van der Waals surface area contributed by atoms with E-state index in [0.717, 1.165) is 0 Å². The van der Waals surface area contributed by atoms with Gasteiger partial charge in [0.1, 0.15) is 6.10 Å². The maximum absolute atomic E-state index is 12.1. The molecule has 1 unspecified atom stereocenters. The van der Waals surface area contributed by atoms with Crippen LogP contribution in [-0.4, -0.2) is 51.6 Å². The van der Waals surface area contributed by atoms with Crippen LogP contribution in [0.5, 0.6) is 0 Å². The highest BCUT2D eigenvalue weighted by Gasteiger charge is 2.22. The molecule has 0 spiro atoms. The topological polar surface area (TPSA) is 131 Å². The van der Waals surface area contributed by atoms with E-state index in [-0.39, 0.29) is 26.1 Å². The summed E-state index contributed by atoms with van der Waals surface area (Å²) in [7, 11) is 0. The molecule has 1 heterocycles. The van der Waals surface area contributed by atoms with Gasteiger partial charge in [0.25, 0.3) is 5.56 Å². The molecule has 150 valence electrons. The van der Waals surface area contributed by atoms with E-state index in [0.29, 0.717) is 12.0 Å². The van der Waals surface area contributed by atoms with E-state index in [2.05, 4.69) is 10.3 Å². The second-order valence-corrected chi connectivity index (χ2v) is 6.11. The molecule has 3 amide bonds. The number of H-pyrrole nitrogens is 1. The van der Waals surface area contributed by atoms with Crippen LogP contribution >= 0.6 is 0 Å². The average Bonchev–Trinajstić information content (AvgIpc) is 2.56. The number of aromatic nitrogens is 2. The zero-order chi connectivity index (χ0) is 20.6. The highest BCUT2D eigenvalue weighted by atomic mass is 16.5. The minimum absolute atomic E-state index is 0.0182. The Kier molecular flexibility index (Phi) is 8.43. The lowest BCUT2D eigenvalue weighted by atomic mass is 10.3. The van der Waals surface area contributed by atoms with E-state index in [1.165, 1.54) is 22.6 Å². The number of amides is 3. The summed E-state index contributed by atoms with van der Waals surface area (Å²) >= 11 is 0. The second kappa shape index (κ2) is 10.3. The van der Waals surface area contributed by atoms with Gasteiger partial charge in [0.15, 0.2) is 0 Å². The van der Waals surface area contributed by atoms with Crippen LogP contribution in [0.25, 0.3) is 0 Å². The van der Waals surface area contributed by atoms with Crippen molar-refractivity contribution < 1.29 is 19.1 Å². The summed E-state index contributed by atoms with van der Waals surface area (Å²) in [4.78, 5) is 62.1. The van der Waals surface area contributed by atoms with Crippen LogP contribution in [0.3, 0.4) is 0 Å². The van der Waals surface area contributed by atoms with Crippen LogP contribution in [0.4, 0.5) is 4.79 Å². The number of likely N-dealkylation sites (N-methyl/N-ethyl adjacent to an activating group) is 1. The zero-order valence-corrected chi connectivity index (χ0v) is 16.0. The Hall–Kier alpha value is -2.91. The molecular formula is C17H26N4O6.